The number of carbonyl (C=O) groups excluding carboxylic acids is 1. The highest BCUT2D eigenvalue weighted by Crippen LogP contribution is 2.25. The minimum atomic E-state index is -1.14. The van der Waals surface area contributed by atoms with E-state index in [1.807, 2.05) is 0 Å². The number of anilines is 1. The van der Waals surface area contributed by atoms with Crippen LogP contribution in [0.15, 0.2) is 34.1 Å². The Hall–Kier alpha value is -2.26. The molecule has 0 bridgehead atoms. The lowest BCUT2D eigenvalue weighted by Gasteiger charge is -2.06. The van der Waals surface area contributed by atoms with Gasteiger partial charge in [-0.05, 0) is 34.1 Å². The van der Waals surface area contributed by atoms with Crippen molar-refractivity contribution in [3.63, 3.8) is 0 Å². The minimum Gasteiger partial charge on any atom is -0.478 e. The van der Waals surface area contributed by atoms with Gasteiger partial charge in [0.1, 0.15) is 0 Å². The van der Waals surface area contributed by atoms with E-state index in [9.17, 15) is 19.7 Å². The average Bonchev–Trinajstić information content (AvgIpc) is 2.90. The number of rotatable bonds is 4. The highest BCUT2D eigenvalue weighted by molar-refractivity contribution is 9.10. The van der Waals surface area contributed by atoms with Crippen molar-refractivity contribution in [1.29, 1.82) is 0 Å². The van der Waals surface area contributed by atoms with Crippen molar-refractivity contribution in [2.24, 2.45) is 0 Å². The van der Waals surface area contributed by atoms with Crippen LogP contribution in [0, 0.1) is 10.1 Å². The van der Waals surface area contributed by atoms with Crippen molar-refractivity contribution in [1.82, 2.24) is 0 Å². The van der Waals surface area contributed by atoms with Gasteiger partial charge in [-0.25, -0.2) is 4.79 Å². The Labute approximate surface area is 130 Å². The van der Waals surface area contributed by atoms with Crippen molar-refractivity contribution in [2.45, 2.75) is 0 Å². The van der Waals surface area contributed by atoms with Gasteiger partial charge in [0.25, 0.3) is 5.91 Å². The molecule has 9 heteroatoms. The van der Waals surface area contributed by atoms with Crippen molar-refractivity contribution >= 4 is 49.8 Å². The predicted molar refractivity (Wildman–Crippen MR) is 80.0 cm³/mol. The van der Waals surface area contributed by atoms with E-state index >= 15 is 0 Å². The summed E-state index contributed by atoms with van der Waals surface area (Å²) in [7, 11) is 0. The van der Waals surface area contributed by atoms with Gasteiger partial charge in [-0.3, -0.25) is 14.9 Å². The number of carbonyl (C=O) groups is 2. The monoisotopic (exact) mass is 370 g/mol. The number of hydrogen-bond acceptors (Lipinski definition) is 5. The molecule has 0 radical (unpaired) electrons. The summed E-state index contributed by atoms with van der Waals surface area (Å²) in [5.74, 6) is -1.68. The number of hydrogen-bond donors (Lipinski definition) is 2. The minimum absolute atomic E-state index is 0.00380. The smallest absolute Gasteiger partial charge is 0.336 e. The lowest BCUT2D eigenvalue weighted by Crippen LogP contribution is -2.11. The van der Waals surface area contributed by atoms with Crippen molar-refractivity contribution in [2.75, 3.05) is 5.32 Å². The molecular weight excluding hydrogens is 364 g/mol. The van der Waals surface area contributed by atoms with Crippen LogP contribution < -0.4 is 5.32 Å². The van der Waals surface area contributed by atoms with Gasteiger partial charge in [-0.1, -0.05) is 11.3 Å². The molecule has 2 N–H and O–H groups in total. The lowest BCUT2D eigenvalue weighted by atomic mass is 10.2. The maximum Gasteiger partial charge on any atom is 0.336 e. The van der Waals surface area contributed by atoms with E-state index in [-0.39, 0.29) is 21.8 Å². The van der Waals surface area contributed by atoms with Crippen LogP contribution in [0.5, 0.6) is 0 Å². The van der Waals surface area contributed by atoms with Crippen LogP contribution in [0.2, 0.25) is 0 Å². The predicted octanol–water partition coefficient (Wildman–Crippen LogP) is 3.37. The summed E-state index contributed by atoms with van der Waals surface area (Å²) < 4.78 is 0.388. The van der Waals surface area contributed by atoms with E-state index in [0.29, 0.717) is 4.47 Å². The molecule has 1 aromatic heterocycles. The third kappa shape index (κ3) is 3.44. The van der Waals surface area contributed by atoms with Crippen LogP contribution in [0.4, 0.5) is 10.7 Å². The molecular formula is C12H7BrN2O5S. The topological polar surface area (TPSA) is 110 Å². The second-order valence-corrected chi connectivity index (χ2v) is 5.63. The summed E-state index contributed by atoms with van der Waals surface area (Å²) in [5, 5.41) is 23.3. The fraction of sp³-hybridized carbons (Fsp3) is 0. The second kappa shape index (κ2) is 6.02. The molecule has 1 amide bonds. The Morgan fingerprint density at radius 1 is 1.33 bits per heavy atom. The quantitative estimate of drug-likeness (QED) is 0.633. The van der Waals surface area contributed by atoms with Gasteiger partial charge < -0.3 is 10.4 Å². The number of nitrogens with zero attached hydrogens (tertiary/aromatic N) is 1. The molecule has 0 aliphatic rings. The first-order valence-electron chi connectivity index (χ1n) is 5.45. The van der Waals surface area contributed by atoms with E-state index in [4.69, 9.17) is 5.11 Å². The normalized spacial score (nSPS) is 10.1. The fourth-order valence-electron chi connectivity index (χ4n) is 1.51. The van der Waals surface area contributed by atoms with Crippen molar-refractivity contribution in [3.05, 3.63) is 55.4 Å². The zero-order valence-corrected chi connectivity index (χ0v) is 12.6. The first kappa shape index (κ1) is 15.1. The molecule has 1 aromatic carbocycles. The van der Waals surface area contributed by atoms with Crippen LogP contribution in [0.3, 0.4) is 0 Å². The largest absolute Gasteiger partial charge is 0.478 e. The number of benzene rings is 1. The maximum atomic E-state index is 11.9. The standard InChI is InChI=1S/C12H7BrN2O5S/c13-9-2-1-7(4-8(9)12(17)18)14-11(16)6-3-10(15(19)20)21-5-6/h1-5H,(H,14,16)(H,17,18). The second-order valence-electron chi connectivity index (χ2n) is 3.88. The average molecular weight is 371 g/mol. The molecule has 1 heterocycles. The highest BCUT2D eigenvalue weighted by atomic mass is 79.9. The first-order chi connectivity index (χ1) is 9.88. The summed E-state index contributed by atoms with van der Waals surface area (Å²) >= 11 is 3.94. The molecule has 0 unspecified atom stereocenters. The molecule has 0 fully saturated rings. The Balaban J connectivity index is 2.21. The number of carboxylic acids is 1. The summed E-state index contributed by atoms with van der Waals surface area (Å²) in [4.78, 5) is 32.9. The van der Waals surface area contributed by atoms with Crippen LogP contribution in [-0.4, -0.2) is 21.9 Å². The van der Waals surface area contributed by atoms with E-state index in [0.717, 1.165) is 17.4 Å². The molecule has 0 spiro atoms. The van der Waals surface area contributed by atoms with Gasteiger partial charge in [-0.2, -0.15) is 0 Å². The number of carboxylic acid groups (broad SMARTS) is 1. The molecule has 2 rings (SSSR count). The van der Waals surface area contributed by atoms with Crippen molar-refractivity contribution in [3.8, 4) is 0 Å². The number of amides is 1. The van der Waals surface area contributed by atoms with Gasteiger partial charge in [0, 0.05) is 21.6 Å². The van der Waals surface area contributed by atoms with Gasteiger partial charge in [0.2, 0.25) is 0 Å². The third-order valence-corrected chi connectivity index (χ3v) is 4.05. The SMILES string of the molecule is O=C(Nc1ccc(Br)c(C(=O)O)c1)c1csc([N+](=O)[O-])c1. The Morgan fingerprint density at radius 3 is 2.62 bits per heavy atom. The van der Waals surface area contributed by atoms with Crippen LogP contribution in [-0.2, 0) is 0 Å². The third-order valence-electron chi connectivity index (χ3n) is 2.48. The first-order valence-corrected chi connectivity index (χ1v) is 7.13. The summed E-state index contributed by atoms with van der Waals surface area (Å²) in [6.45, 7) is 0. The molecule has 0 saturated carbocycles. The van der Waals surface area contributed by atoms with Gasteiger partial charge >= 0.3 is 11.0 Å². The van der Waals surface area contributed by atoms with E-state index in [2.05, 4.69) is 21.2 Å². The highest BCUT2D eigenvalue weighted by Gasteiger charge is 2.16. The molecule has 2 aromatic rings. The number of aromatic carboxylic acids is 1. The van der Waals surface area contributed by atoms with Gasteiger partial charge in [-0.15, -0.1) is 0 Å². The lowest BCUT2D eigenvalue weighted by molar-refractivity contribution is -0.380. The Kier molecular flexibility index (Phi) is 4.34. The van der Waals surface area contributed by atoms with E-state index in [1.54, 1.807) is 0 Å². The Bertz CT molecular complexity index is 743. The van der Waals surface area contributed by atoms with E-state index < -0.39 is 16.8 Å². The summed E-state index contributed by atoms with van der Waals surface area (Å²) in [6, 6.07) is 5.48. The molecule has 0 aliphatic heterocycles. The molecule has 108 valence electrons. The van der Waals surface area contributed by atoms with Gasteiger partial charge in [0.05, 0.1) is 16.1 Å². The fourth-order valence-corrected chi connectivity index (χ4v) is 2.63. The number of nitrogens with one attached hydrogen (secondary N) is 1. The zero-order valence-electron chi connectivity index (χ0n) is 10.2. The molecule has 0 atom stereocenters. The van der Waals surface area contributed by atoms with Crippen molar-refractivity contribution < 1.29 is 19.6 Å². The molecule has 7 nitrogen and oxygen atoms in total. The molecule has 0 aliphatic carbocycles. The van der Waals surface area contributed by atoms with Crippen LogP contribution in [0.1, 0.15) is 20.7 Å². The van der Waals surface area contributed by atoms with Crippen LogP contribution >= 0.6 is 27.3 Å². The van der Waals surface area contributed by atoms with Crippen LogP contribution in [0.25, 0.3) is 0 Å². The number of halogens is 1. The van der Waals surface area contributed by atoms with Gasteiger partial charge in [0.15, 0.2) is 0 Å². The zero-order chi connectivity index (χ0) is 15.6. The number of nitro groups is 1. The molecule has 21 heavy (non-hydrogen) atoms. The Morgan fingerprint density at radius 2 is 2.05 bits per heavy atom. The number of thiophene rings is 1. The summed E-state index contributed by atoms with van der Waals surface area (Å²) in [6.07, 6.45) is 0. The summed E-state index contributed by atoms with van der Waals surface area (Å²) in [5.41, 5.74) is 0.435. The maximum absolute atomic E-state index is 11.9. The van der Waals surface area contributed by atoms with E-state index in [1.165, 1.54) is 23.6 Å². The molecule has 0 saturated heterocycles.